The molecule has 10 heteroatoms. The van der Waals surface area contributed by atoms with Crippen molar-refractivity contribution in [1.29, 1.82) is 0 Å². The number of ether oxygens (including phenoxy) is 2. The number of morpholine rings is 1. The Morgan fingerprint density at radius 1 is 1.17 bits per heavy atom. The molecule has 0 aliphatic carbocycles. The maximum atomic E-state index is 13.4. The number of aryl methyl sites for hydroxylation is 2. The smallest absolute Gasteiger partial charge is 0.187 e. The predicted molar refractivity (Wildman–Crippen MR) is 111 cm³/mol. The predicted octanol–water partition coefficient (Wildman–Crippen LogP) is 0.173. The van der Waals surface area contributed by atoms with E-state index in [2.05, 4.69) is 10.2 Å². The lowest BCUT2D eigenvalue weighted by Gasteiger charge is -2.28. The fourth-order valence-electron chi connectivity index (χ4n) is 3.85. The van der Waals surface area contributed by atoms with Gasteiger partial charge in [0.2, 0.25) is 0 Å². The number of rotatable bonds is 7. The van der Waals surface area contributed by atoms with Crippen LogP contribution in [0.3, 0.4) is 0 Å². The number of nitrogens with zero attached hydrogens (tertiary/aromatic N) is 1. The molecule has 0 spiro atoms. The normalized spacial score (nSPS) is 25.2. The maximum absolute atomic E-state index is 13.4. The van der Waals surface area contributed by atoms with Gasteiger partial charge in [-0.2, -0.15) is 0 Å². The van der Waals surface area contributed by atoms with Crippen molar-refractivity contribution in [2.75, 3.05) is 58.0 Å². The molecule has 3 rings (SSSR count). The van der Waals surface area contributed by atoms with E-state index in [1.165, 1.54) is 7.11 Å². The zero-order valence-corrected chi connectivity index (χ0v) is 18.8. The Balaban J connectivity index is 1.81. The van der Waals surface area contributed by atoms with E-state index in [4.69, 9.17) is 9.47 Å². The van der Waals surface area contributed by atoms with E-state index in [0.717, 1.165) is 30.8 Å². The Bertz CT molecular complexity index is 940. The first-order chi connectivity index (χ1) is 13.6. The van der Waals surface area contributed by atoms with Crippen LogP contribution in [0.1, 0.15) is 11.1 Å². The van der Waals surface area contributed by atoms with Crippen molar-refractivity contribution in [2.45, 2.75) is 30.0 Å². The van der Waals surface area contributed by atoms with Crippen LogP contribution in [0.2, 0.25) is 0 Å². The minimum Gasteiger partial charge on any atom is -0.495 e. The van der Waals surface area contributed by atoms with Crippen molar-refractivity contribution in [1.82, 2.24) is 10.2 Å². The van der Waals surface area contributed by atoms with Crippen molar-refractivity contribution >= 4 is 19.7 Å². The van der Waals surface area contributed by atoms with E-state index in [1.807, 2.05) is 13.8 Å². The van der Waals surface area contributed by atoms with Crippen LogP contribution in [-0.4, -0.2) is 91.0 Å². The Labute approximate surface area is 173 Å². The first kappa shape index (κ1) is 22.5. The highest BCUT2D eigenvalue weighted by molar-refractivity contribution is 7.96. The lowest BCUT2D eigenvalue weighted by molar-refractivity contribution is 0.0382. The topological polar surface area (TPSA) is 102 Å². The molecule has 0 saturated carbocycles. The highest BCUT2D eigenvalue weighted by atomic mass is 32.2. The summed E-state index contributed by atoms with van der Waals surface area (Å²) in [5.74, 6) is -0.294. The number of hydrogen-bond acceptors (Lipinski definition) is 8. The second kappa shape index (κ2) is 8.89. The standard InChI is InChI=1S/C19H30N2O6S2/c1-14-10-17(26-3)18(11-15(14)2)29(24,25)19-13-28(22,23)12-16(19)20-4-5-21-6-8-27-9-7-21/h10-11,16,19-20H,4-9,12-13H2,1-3H3/t16-,19-/m0/s1. The molecule has 2 aliphatic heterocycles. The Morgan fingerprint density at radius 3 is 2.48 bits per heavy atom. The largest absolute Gasteiger partial charge is 0.495 e. The zero-order valence-electron chi connectivity index (χ0n) is 17.2. The van der Waals surface area contributed by atoms with Crippen LogP contribution < -0.4 is 10.1 Å². The molecule has 2 aliphatic rings. The fourth-order valence-corrected chi connectivity index (χ4v) is 8.79. The van der Waals surface area contributed by atoms with Gasteiger partial charge in [-0.05, 0) is 37.1 Å². The first-order valence-electron chi connectivity index (χ1n) is 9.77. The van der Waals surface area contributed by atoms with Gasteiger partial charge >= 0.3 is 0 Å². The monoisotopic (exact) mass is 446 g/mol. The minimum atomic E-state index is -3.90. The van der Waals surface area contributed by atoms with Gasteiger partial charge in [0.1, 0.15) is 10.6 Å². The van der Waals surface area contributed by atoms with E-state index in [1.54, 1.807) is 12.1 Å². The second-order valence-electron chi connectivity index (χ2n) is 7.76. The molecule has 0 radical (unpaired) electrons. The average Bonchev–Trinajstić information content (AvgIpc) is 2.99. The number of methoxy groups -OCH3 is 1. The summed E-state index contributed by atoms with van der Waals surface area (Å²) in [6, 6.07) is 2.63. The molecule has 0 unspecified atom stereocenters. The van der Waals surface area contributed by atoms with E-state index >= 15 is 0 Å². The summed E-state index contributed by atoms with van der Waals surface area (Å²) in [6.07, 6.45) is 0. The van der Waals surface area contributed by atoms with Crippen molar-refractivity contribution < 1.29 is 26.3 Å². The number of hydrogen-bond donors (Lipinski definition) is 1. The van der Waals surface area contributed by atoms with Crippen molar-refractivity contribution in [2.24, 2.45) is 0 Å². The summed E-state index contributed by atoms with van der Waals surface area (Å²) in [4.78, 5) is 2.28. The second-order valence-corrected chi connectivity index (χ2v) is 12.1. The van der Waals surface area contributed by atoms with Gasteiger partial charge in [0, 0.05) is 32.2 Å². The van der Waals surface area contributed by atoms with Crippen LogP contribution in [0.15, 0.2) is 17.0 Å². The summed E-state index contributed by atoms with van der Waals surface area (Å²) >= 11 is 0. The van der Waals surface area contributed by atoms with Crippen molar-refractivity contribution in [3.8, 4) is 5.75 Å². The summed E-state index contributed by atoms with van der Waals surface area (Å²) in [7, 11) is -5.92. The molecule has 0 amide bonds. The lowest BCUT2D eigenvalue weighted by Crippen LogP contribution is -2.47. The summed E-state index contributed by atoms with van der Waals surface area (Å²) in [5, 5.41) is 2.16. The minimum absolute atomic E-state index is 0.0604. The van der Waals surface area contributed by atoms with E-state index in [9.17, 15) is 16.8 Å². The van der Waals surface area contributed by atoms with Gasteiger partial charge in [0.15, 0.2) is 19.7 Å². The van der Waals surface area contributed by atoms with Crippen LogP contribution in [0.4, 0.5) is 0 Å². The molecule has 8 nitrogen and oxygen atoms in total. The van der Waals surface area contributed by atoms with E-state index in [-0.39, 0.29) is 22.2 Å². The molecule has 1 N–H and O–H groups in total. The molecule has 2 saturated heterocycles. The number of nitrogens with one attached hydrogen (secondary N) is 1. The molecular formula is C19H30N2O6S2. The van der Waals surface area contributed by atoms with Crippen LogP contribution >= 0.6 is 0 Å². The van der Waals surface area contributed by atoms with Crippen LogP contribution in [0.25, 0.3) is 0 Å². The van der Waals surface area contributed by atoms with E-state index < -0.39 is 31.0 Å². The summed E-state index contributed by atoms with van der Waals surface area (Å²) < 4.78 is 62.1. The van der Waals surface area contributed by atoms with Gasteiger partial charge < -0.3 is 14.8 Å². The molecule has 2 atom stereocenters. The molecule has 29 heavy (non-hydrogen) atoms. The fraction of sp³-hybridized carbons (Fsp3) is 0.684. The van der Waals surface area contributed by atoms with Crippen molar-refractivity contribution in [3.63, 3.8) is 0 Å². The molecule has 2 heterocycles. The highest BCUT2D eigenvalue weighted by Gasteiger charge is 2.46. The van der Waals surface area contributed by atoms with Crippen LogP contribution in [-0.2, 0) is 24.4 Å². The molecule has 0 aromatic heterocycles. The maximum Gasteiger partial charge on any atom is 0.187 e. The van der Waals surface area contributed by atoms with Gasteiger partial charge in [0.25, 0.3) is 0 Å². The lowest BCUT2D eigenvalue weighted by atomic mass is 10.1. The van der Waals surface area contributed by atoms with Gasteiger partial charge in [-0.25, -0.2) is 16.8 Å². The van der Waals surface area contributed by atoms with Crippen LogP contribution in [0.5, 0.6) is 5.75 Å². The van der Waals surface area contributed by atoms with Gasteiger partial charge in [0.05, 0.1) is 37.1 Å². The molecule has 1 aromatic rings. The Kier molecular flexibility index (Phi) is 6.89. The van der Waals surface area contributed by atoms with E-state index in [0.29, 0.717) is 19.8 Å². The third kappa shape index (κ3) is 5.11. The Hall–Kier alpha value is -1.20. The average molecular weight is 447 g/mol. The van der Waals surface area contributed by atoms with Gasteiger partial charge in [-0.3, -0.25) is 4.90 Å². The number of sulfone groups is 2. The van der Waals surface area contributed by atoms with Crippen molar-refractivity contribution in [3.05, 3.63) is 23.3 Å². The molecule has 0 bridgehead atoms. The third-order valence-electron chi connectivity index (χ3n) is 5.72. The quantitative estimate of drug-likeness (QED) is 0.633. The zero-order chi connectivity index (χ0) is 21.2. The highest BCUT2D eigenvalue weighted by Crippen LogP contribution is 2.33. The third-order valence-corrected chi connectivity index (χ3v) is 9.89. The Morgan fingerprint density at radius 2 is 1.83 bits per heavy atom. The number of benzene rings is 1. The molecular weight excluding hydrogens is 416 g/mol. The molecule has 2 fully saturated rings. The summed E-state index contributed by atoms with van der Waals surface area (Å²) in [5.41, 5.74) is 1.74. The van der Waals surface area contributed by atoms with Gasteiger partial charge in [-0.15, -0.1) is 0 Å². The molecule has 164 valence electrons. The van der Waals surface area contributed by atoms with Crippen LogP contribution in [0, 0.1) is 13.8 Å². The molecule has 1 aromatic carbocycles. The summed E-state index contributed by atoms with van der Waals surface area (Å²) in [6.45, 7) is 7.97. The first-order valence-corrected chi connectivity index (χ1v) is 13.1. The SMILES string of the molecule is COc1cc(C)c(C)cc1S(=O)(=O)[C@H]1CS(=O)(=O)C[C@@H]1NCCN1CCOCC1. The van der Waals surface area contributed by atoms with Gasteiger partial charge in [-0.1, -0.05) is 0 Å².